The summed E-state index contributed by atoms with van der Waals surface area (Å²) in [5.41, 5.74) is 4.01. The molecule has 82 valence electrons. The molecule has 2 rings (SSSR count). The van der Waals surface area contributed by atoms with Crippen LogP contribution in [0.5, 0.6) is 0 Å². The molecule has 2 heteroatoms. The van der Waals surface area contributed by atoms with E-state index in [0.717, 1.165) is 19.4 Å². The van der Waals surface area contributed by atoms with Gasteiger partial charge in [0.15, 0.2) is 0 Å². The number of hydrogen-bond acceptors (Lipinski definition) is 2. The van der Waals surface area contributed by atoms with Gasteiger partial charge in [0, 0.05) is 17.6 Å². The first-order valence-electron chi connectivity index (χ1n) is 5.58. The fourth-order valence-corrected chi connectivity index (χ4v) is 1.79. The number of aryl methyl sites for hydroxylation is 1. The molecular formula is C13H19NO. The molecule has 0 atom stereocenters. The van der Waals surface area contributed by atoms with E-state index in [2.05, 4.69) is 37.4 Å². The SMILES string of the molecule is Cc1cccc(NCC2(CO)CC2)c1C. The summed E-state index contributed by atoms with van der Waals surface area (Å²) in [6, 6.07) is 6.30. The minimum Gasteiger partial charge on any atom is -0.396 e. The topological polar surface area (TPSA) is 32.3 Å². The van der Waals surface area contributed by atoms with Gasteiger partial charge in [-0.05, 0) is 43.9 Å². The first-order chi connectivity index (χ1) is 7.17. The first kappa shape index (κ1) is 10.5. The Morgan fingerprint density at radius 3 is 2.67 bits per heavy atom. The summed E-state index contributed by atoms with van der Waals surface area (Å²) < 4.78 is 0. The summed E-state index contributed by atoms with van der Waals surface area (Å²) in [5, 5.41) is 12.7. The van der Waals surface area contributed by atoms with Gasteiger partial charge in [-0.15, -0.1) is 0 Å². The van der Waals surface area contributed by atoms with Crippen molar-refractivity contribution in [1.29, 1.82) is 0 Å². The number of hydrogen-bond donors (Lipinski definition) is 2. The van der Waals surface area contributed by atoms with Crippen molar-refractivity contribution >= 4 is 5.69 Å². The van der Waals surface area contributed by atoms with E-state index < -0.39 is 0 Å². The molecule has 0 spiro atoms. The lowest BCUT2D eigenvalue weighted by molar-refractivity contribution is 0.220. The molecule has 1 aromatic carbocycles. The van der Waals surface area contributed by atoms with Gasteiger partial charge in [-0.3, -0.25) is 0 Å². The van der Waals surface area contributed by atoms with Crippen molar-refractivity contribution in [3.05, 3.63) is 29.3 Å². The monoisotopic (exact) mass is 205 g/mol. The Morgan fingerprint density at radius 1 is 1.33 bits per heavy atom. The van der Waals surface area contributed by atoms with Gasteiger partial charge < -0.3 is 10.4 Å². The van der Waals surface area contributed by atoms with E-state index in [0.29, 0.717) is 6.61 Å². The average molecular weight is 205 g/mol. The molecule has 15 heavy (non-hydrogen) atoms. The molecule has 1 saturated carbocycles. The van der Waals surface area contributed by atoms with Crippen molar-refractivity contribution in [1.82, 2.24) is 0 Å². The molecule has 2 nitrogen and oxygen atoms in total. The maximum absolute atomic E-state index is 9.22. The first-order valence-corrected chi connectivity index (χ1v) is 5.58. The molecule has 0 bridgehead atoms. The van der Waals surface area contributed by atoms with Crippen LogP contribution in [0.15, 0.2) is 18.2 Å². The van der Waals surface area contributed by atoms with E-state index in [9.17, 15) is 5.11 Å². The van der Waals surface area contributed by atoms with Gasteiger partial charge >= 0.3 is 0 Å². The van der Waals surface area contributed by atoms with Crippen molar-refractivity contribution in [2.24, 2.45) is 5.41 Å². The van der Waals surface area contributed by atoms with Gasteiger partial charge in [-0.2, -0.15) is 0 Å². The number of aliphatic hydroxyl groups is 1. The molecule has 0 unspecified atom stereocenters. The minimum absolute atomic E-state index is 0.177. The standard InChI is InChI=1S/C13H19NO/c1-10-4-3-5-12(11(10)2)14-8-13(9-15)6-7-13/h3-5,14-15H,6-9H2,1-2H3. The van der Waals surface area contributed by atoms with Crippen LogP contribution in [0.2, 0.25) is 0 Å². The third-order valence-corrected chi connectivity index (χ3v) is 3.55. The summed E-state index contributed by atoms with van der Waals surface area (Å²) in [6.07, 6.45) is 2.31. The van der Waals surface area contributed by atoms with Gasteiger partial charge in [0.25, 0.3) is 0 Å². The quantitative estimate of drug-likeness (QED) is 0.791. The van der Waals surface area contributed by atoms with Crippen molar-refractivity contribution in [2.75, 3.05) is 18.5 Å². The van der Waals surface area contributed by atoms with E-state index >= 15 is 0 Å². The van der Waals surface area contributed by atoms with Gasteiger partial charge in [0.2, 0.25) is 0 Å². The minimum atomic E-state index is 0.177. The molecular weight excluding hydrogens is 186 g/mol. The van der Waals surface area contributed by atoms with Crippen molar-refractivity contribution in [3.63, 3.8) is 0 Å². The highest BCUT2D eigenvalue weighted by molar-refractivity contribution is 5.53. The highest BCUT2D eigenvalue weighted by Crippen LogP contribution is 2.45. The van der Waals surface area contributed by atoms with E-state index in [1.54, 1.807) is 0 Å². The maximum Gasteiger partial charge on any atom is 0.0504 e. The van der Waals surface area contributed by atoms with Gasteiger partial charge in [0.1, 0.15) is 0 Å². The number of benzene rings is 1. The Labute approximate surface area is 91.3 Å². The third-order valence-electron chi connectivity index (χ3n) is 3.55. The van der Waals surface area contributed by atoms with Crippen molar-refractivity contribution in [3.8, 4) is 0 Å². The smallest absolute Gasteiger partial charge is 0.0504 e. The Balaban J connectivity index is 2.02. The van der Waals surface area contributed by atoms with Crippen molar-refractivity contribution in [2.45, 2.75) is 26.7 Å². The van der Waals surface area contributed by atoms with E-state index in [1.165, 1.54) is 16.8 Å². The lowest BCUT2D eigenvalue weighted by Crippen LogP contribution is -2.19. The van der Waals surface area contributed by atoms with Crippen LogP contribution in [0, 0.1) is 19.3 Å². The summed E-state index contributed by atoms with van der Waals surface area (Å²) in [7, 11) is 0. The largest absolute Gasteiger partial charge is 0.396 e. The second-order valence-electron chi connectivity index (χ2n) is 4.76. The maximum atomic E-state index is 9.22. The summed E-state index contributed by atoms with van der Waals surface area (Å²) in [5.74, 6) is 0. The molecule has 0 aliphatic heterocycles. The molecule has 1 fully saturated rings. The number of aliphatic hydroxyl groups excluding tert-OH is 1. The van der Waals surface area contributed by atoms with Crippen LogP contribution in [-0.4, -0.2) is 18.3 Å². The van der Waals surface area contributed by atoms with Crippen LogP contribution in [0.1, 0.15) is 24.0 Å². The molecule has 0 radical (unpaired) electrons. The predicted molar refractivity (Wildman–Crippen MR) is 63.2 cm³/mol. The zero-order valence-corrected chi connectivity index (χ0v) is 9.51. The molecule has 1 aliphatic rings. The summed E-state index contributed by atoms with van der Waals surface area (Å²) >= 11 is 0. The number of nitrogens with one attached hydrogen (secondary N) is 1. The van der Waals surface area contributed by atoms with Gasteiger partial charge in [0.05, 0.1) is 6.61 Å². The highest BCUT2D eigenvalue weighted by atomic mass is 16.3. The van der Waals surface area contributed by atoms with Crippen LogP contribution < -0.4 is 5.32 Å². The molecule has 0 saturated heterocycles. The second-order valence-corrected chi connectivity index (χ2v) is 4.76. The Morgan fingerprint density at radius 2 is 2.07 bits per heavy atom. The summed E-state index contributed by atoms with van der Waals surface area (Å²) in [6.45, 7) is 5.47. The zero-order chi connectivity index (χ0) is 10.9. The van der Waals surface area contributed by atoms with Gasteiger partial charge in [-0.1, -0.05) is 12.1 Å². The van der Waals surface area contributed by atoms with E-state index in [-0.39, 0.29) is 5.41 Å². The molecule has 0 aromatic heterocycles. The van der Waals surface area contributed by atoms with Crippen LogP contribution in [-0.2, 0) is 0 Å². The summed E-state index contributed by atoms with van der Waals surface area (Å²) in [4.78, 5) is 0. The zero-order valence-electron chi connectivity index (χ0n) is 9.51. The Kier molecular flexibility index (Phi) is 2.70. The fraction of sp³-hybridized carbons (Fsp3) is 0.538. The Hall–Kier alpha value is -1.02. The van der Waals surface area contributed by atoms with Crippen LogP contribution in [0.3, 0.4) is 0 Å². The second kappa shape index (κ2) is 3.86. The van der Waals surface area contributed by atoms with E-state index in [1.807, 2.05) is 0 Å². The average Bonchev–Trinajstić information content (AvgIpc) is 3.01. The normalized spacial score (nSPS) is 17.5. The van der Waals surface area contributed by atoms with Gasteiger partial charge in [-0.25, -0.2) is 0 Å². The third kappa shape index (κ3) is 2.15. The van der Waals surface area contributed by atoms with E-state index in [4.69, 9.17) is 0 Å². The highest BCUT2D eigenvalue weighted by Gasteiger charge is 2.41. The lowest BCUT2D eigenvalue weighted by Gasteiger charge is -2.16. The lowest BCUT2D eigenvalue weighted by atomic mass is 10.1. The molecule has 0 heterocycles. The number of anilines is 1. The number of rotatable bonds is 4. The Bertz CT molecular complexity index is 356. The molecule has 1 aliphatic carbocycles. The van der Waals surface area contributed by atoms with Crippen molar-refractivity contribution < 1.29 is 5.11 Å². The fourth-order valence-electron chi connectivity index (χ4n) is 1.79. The predicted octanol–water partition coefficient (Wildman–Crippen LogP) is 2.49. The van der Waals surface area contributed by atoms with Crippen LogP contribution >= 0.6 is 0 Å². The molecule has 1 aromatic rings. The molecule has 0 amide bonds. The van der Waals surface area contributed by atoms with Crippen LogP contribution in [0.25, 0.3) is 0 Å². The van der Waals surface area contributed by atoms with Crippen LogP contribution in [0.4, 0.5) is 5.69 Å². The molecule has 2 N–H and O–H groups in total.